The number of benzene rings is 2. The monoisotopic (exact) mass is 420 g/mol. The van der Waals surface area contributed by atoms with E-state index in [1.54, 1.807) is 30.3 Å². The fraction of sp³-hybridized carbons (Fsp3) is 0.174. The van der Waals surface area contributed by atoms with Crippen molar-refractivity contribution < 1.29 is 9.59 Å². The number of carbonyl (C=O) groups is 2. The van der Waals surface area contributed by atoms with Gasteiger partial charge in [0.25, 0.3) is 11.8 Å². The van der Waals surface area contributed by atoms with Crippen molar-refractivity contribution in [2.24, 2.45) is 0 Å². The van der Waals surface area contributed by atoms with Gasteiger partial charge in [-0.15, -0.1) is 0 Å². The molecule has 0 unspecified atom stereocenters. The van der Waals surface area contributed by atoms with E-state index in [0.29, 0.717) is 21.8 Å². The average molecular weight is 421 g/mol. The molecule has 0 spiro atoms. The first kappa shape index (κ1) is 19.9. The number of para-hydroxylation sites is 1. The molecule has 2 amide bonds. The smallest absolute Gasteiger partial charge is 0.257 e. The van der Waals surface area contributed by atoms with E-state index in [1.807, 2.05) is 42.3 Å². The van der Waals surface area contributed by atoms with Gasteiger partial charge in [0.1, 0.15) is 5.82 Å². The standard InChI is InChI=1S/C23H21ClN4O2/c1-28(18-5-3-2-4-6-18)21-12-7-15(14-25-21)22(29)27-17-10-11-20(24)19(13-17)23(30)26-16-8-9-16/h2-7,10-14,16H,8-9H2,1H3,(H,26,30)(H,27,29). The Hall–Kier alpha value is -3.38. The van der Waals surface area contributed by atoms with Crippen molar-refractivity contribution >= 4 is 40.6 Å². The number of hydrogen-bond acceptors (Lipinski definition) is 4. The largest absolute Gasteiger partial charge is 0.349 e. The topological polar surface area (TPSA) is 74.3 Å². The molecule has 0 bridgehead atoms. The molecule has 2 N–H and O–H groups in total. The van der Waals surface area contributed by atoms with Crippen LogP contribution in [0.5, 0.6) is 0 Å². The number of nitrogens with zero attached hydrogens (tertiary/aromatic N) is 2. The first-order chi connectivity index (χ1) is 14.5. The highest BCUT2D eigenvalue weighted by molar-refractivity contribution is 6.34. The molecule has 1 aromatic heterocycles. The molecule has 7 heteroatoms. The summed E-state index contributed by atoms with van der Waals surface area (Å²) in [6, 6.07) is 18.4. The maximum absolute atomic E-state index is 12.6. The third-order valence-electron chi connectivity index (χ3n) is 4.88. The van der Waals surface area contributed by atoms with Crippen LogP contribution >= 0.6 is 11.6 Å². The molecule has 1 heterocycles. The molecule has 0 aliphatic heterocycles. The Bertz CT molecular complexity index is 1070. The number of amides is 2. The third-order valence-corrected chi connectivity index (χ3v) is 5.21. The van der Waals surface area contributed by atoms with E-state index < -0.39 is 0 Å². The van der Waals surface area contributed by atoms with Gasteiger partial charge < -0.3 is 15.5 Å². The molecule has 3 aromatic rings. The van der Waals surface area contributed by atoms with Crippen molar-refractivity contribution in [2.75, 3.05) is 17.3 Å². The van der Waals surface area contributed by atoms with E-state index >= 15 is 0 Å². The van der Waals surface area contributed by atoms with Crippen LogP contribution in [-0.2, 0) is 0 Å². The molecular formula is C23H21ClN4O2. The number of aromatic nitrogens is 1. The van der Waals surface area contributed by atoms with Crippen molar-refractivity contribution in [3.63, 3.8) is 0 Å². The van der Waals surface area contributed by atoms with Gasteiger partial charge in [-0.3, -0.25) is 9.59 Å². The second-order valence-electron chi connectivity index (χ2n) is 7.20. The summed E-state index contributed by atoms with van der Waals surface area (Å²) in [6.07, 6.45) is 3.51. The summed E-state index contributed by atoms with van der Waals surface area (Å²) in [7, 11) is 1.92. The molecule has 0 saturated heterocycles. The Morgan fingerprint density at radius 2 is 1.80 bits per heavy atom. The van der Waals surface area contributed by atoms with Crippen LogP contribution in [0.2, 0.25) is 5.02 Å². The lowest BCUT2D eigenvalue weighted by atomic mass is 10.1. The van der Waals surface area contributed by atoms with Crippen LogP contribution in [0.25, 0.3) is 0 Å². The zero-order valence-electron chi connectivity index (χ0n) is 16.4. The highest BCUT2D eigenvalue weighted by Gasteiger charge is 2.25. The number of rotatable bonds is 6. The van der Waals surface area contributed by atoms with E-state index in [9.17, 15) is 9.59 Å². The number of nitrogens with one attached hydrogen (secondary N) is 2. The maximum atomic E-state index is 12.6. The van der Waals surface area contributed by atoms with Crippen LogP contribution in [0.3, 0.4) is 0 Å². The van der Waals surface area contributed by atoms with Gasteiger partial charge in [-0.2, -0.15) is 0 Å². The number of pyridine rings is 1. The Labute approximate surface area is 179 Å². The van der Waals surface area contributed by atoms with Crippen molar-refractivity contribution in [1.82, 2.24) is 10.3 Å². The summed E-state index contributed by atoms with van der Waals surface area (Å²) in [5, 5.41) is 6.05. The molecule has 30 heavy (non-hydrogen) atoms. The predicted molar refractivity (Wildman–Crippen MR) is 119 cm³/mol. The minimum atomic E-state index is -0.313. The zero-order chi connectivity index (χ0) is 21.1. The molecule has 0 radical (unpaired) electrons. The van der Waals surface area contributed by atoms with Gasteiger partial charge in [-0.1, -0.05) is 29.8 Å². The van der Waals surface area contributed by atoms with Gasteiger partial charge in [-0.25, -0.2) is 4.98 Å². The van der Waals surface area contributed by atoms with Gasteiger partial charge in [0.05, 0.1) is 16.1 Å². The van der Waals surface area contributed by atoms with Gasteiger partial charge >= 0.3 is 0 Å². The molecule has 4 rings (SSSR count). The van der Waals surface area contributed by atoms with Crippen molar-refractivity contribution in [3.8, 4) is 0 Å². The van der Waals surface area contributed by atoms with Crippen LogP contribution in [-0.4, -0.2) is 29.9 Å². The fourth-order valence-corrected chi connectivity index (χ4v) is 3.18. The summed E-state index contributed by atoms with van der Waals surface area (Å²) in [5.74, 6) is 0.184. The number of anilines is 3. The summed E-state index contributed by atoms with van der Waals surface area (Å²) < 4.78 is 0. The highest BCUT2D eigenvalue weighted by atomic mass is 35.5. The molecule has 6 nitrogen and oxygen atoms in total. The molecule has 1 saturated carbocycles. The van der Waals surface area contributed by atoms with Gasteiger partial charge in [0.2, 0.25) is 0 Å². The lowest BCUT2D eigenvalue weighted by Gasteiger charge is -2.18. The summed E-state index contributed by atoms with van der Waals surface area (Å²) in [6.45, 7) is 0. The highest BCUT2D eigenvalue weighted by Crippen LogP contribution is 2.25. The number of hydrogen-bond donors (Lipinski definition) is 2. The average Bonchev–Trinajstić information content (AvgIpc) is 3.59. The van der Waals surface area contributed by atoms with Crippen LogP contribution in [0.1, 0.15) is 33.6 Å². The van der Waals surface area contributed by atoms with E-state index in [4.69, 9.17) is 11.6 Å². The second kappa shape index (κ2) is 8.55. The first-order valence-corrected chi connectivity index (χ1v) is 10.1. The lowest BCUT2D eigenvalue weighted by molar-refractivity contribution is 0.0949. The Balaban J connectivity index is 1.45. The Morgan fingerprint density at radius 3 is 2.47 bits per heavy atom. The van der Waals surface area contributed by atoms with Crippen molar-refractivity contribution in [1.29, 1.82) is 0 Å². The molecule has 2 aromatic carbocycles. The van der Waals surface area contributed by atoms with Crippen molar-refractivity contribution in [3.05, 3.63) is 83.0 Å². The number of carbonyl (C=O) groups excluding carboxylic acids is 2. The van der Waals surface area contributed by atoms with Crippen molar-refractivity contribution in [2.45, 2.75) is 18.9 Å². The predicted octanol–water partition coefficient (Wildman–Crippen LogP) is 4.65. The van der Waals surface area contributed by atoms with Crippen LogP contribution in [0, 0.1) is 0 Å². The normalized spacial score (nSPS) is 12.9. The van der Waals surface area contributed by atoms with E-state index in [1.165, 1.54) is 6.20 Å². The van der Waals surface area contributed by atoms with Crippen LogP contribution < -0.4 is 15.5 Å². The SMILES string of the molecule is CN(c1ccccc1)c1ccc(C(=O)Nc2ccc(Cl)c(C(=O)NC3CC3)c2)cn1. The number of halogens is 1. The fourth-order valence-electron chi connectivity index (χ4n) is 2.97. The van der Waals surface area contributed by atoms with Crippen LogP contribution in [0.4, 0.5) is 17.2 Å². The van der Waals surface area contributed by atoms with E-state index in [-0.39, 0.29) is 17.9 Å². The molecule has 152 valence electrons. The van der Waals surface area contributed by atoms with Crippen LogP contribution in [0.15, 0.2) is 66.9 Å². The van der Waals surface area contributed by atoms with Gasteiger partial charge in [0, 0.05) is 30.7 Å². The lowest BCUT2D eigenvalue weighted by Crippen LogP contribution is -2.25. The summed E-state index contributed by atoms with van der Waals surface area (Å²) in [4.78, 5) is 31.3. The minimum Gasteiger partial charge on any atom is -0.349 e. The van der Waals surface area contributed by atoms with E-state index in [0.717, 1.165) is 24.3 Å². The van der Waals surface area contributed by atoms with Gasteiger partial charge in [0.15, 0.2) is 0 Å². The maximum Gasteiger partial charge on any atom is 0.257 e. The molecule has 1 fully saturated rings. The molecule has 1 aliphatic rings. The quantitative estimate of drug-likeness (QED) is 0.608. The Kier molecular flexibility index (Phi) is 5.68. The molecular weight excluding hydrogens is 400 g/mol. The summed E-state index contributed by atoms with van der Waals surface area (Å²) >= 11 is 6.16. The molecule has 1 aliphatic carbocycles. The second-order valence-corrected chi connectivity index (χ2v) is 7.60. The molecule has 0 atom stereocenters. The Morgan fingerprint density at radius 1 is 1.03 bits per heavy atom. The third kappa shape index (κ3) is 4.60. The van der Waals surface area contributed by atoms with Gasteiger partial charge in [-0.05, 0) is 55.3 Å². The summed E-state index contributed by atoms with van der Waals surface area (Å²) in [5.41, 5.74) is 2.26. The van der Waals surface area contributed by atoms with E-state index in [2.05, 4.69) is 15.6 Å². The minimum absolute atomic E-state index is 0.227. The first-order valence-electron chi connectivity index (χ1n) is 9.68. The zero-order valence-corrected chi connectivity index (χ0v) is 17.2.